The van der Waals surface area contributed by atoms with Crippen LogP contribution in [0.4, 0.5) is 0 Å². The predicted molar refractivity (Wildman–Crippen MR) is 69.0 cm³/mol. The normalized spacial score (nSPS) is 19.8. The van der Waals surface area contributed by atoms with Gasteiger partial charge < -0.3 is 9.64 Å². The number of hydrazine groups is 1. The zero-order valence-corrected chi connectivity index (χ0v) is 10.6. The highest BCUT2D eigenvalue weighted by Crippen LogP contribution is 2.18. The van der Waals surface area contributed by atoms with Gasteiger partial charge in [-0.3, -0.25) is 10.2 Å². The van der Waals surface area contributed by atoms with Crippen molar-refractivity contribution >= 4 is 5.91 Å². The number of carbonyl (C=O) groups is 1. The zero-order valence-electron chi connectivity index (χ0n) is 10.6. The molecule has 18 heavy (non-hydrogen) atoms. The van der Waals surface area contributed by atoms with Crippen LogP contribution in [-0.4, -0.2) is 37.0 Å². The SMILES string of the molecule is CN1CC[C@H](Oc2ccc(CC(=O)NN)cc2)C1. The first-order valence-electron chi connectivity index (χ1n) is 6.11. The van der Waals surface area contributed by atoms with Crippen molar-refractivity contribution < 1.29 is 9.53 Å². The van der Waals surface area contributed by atoms with Gasteiger partial charge in [-0.25, -0.2) is 5.84 Å². The van der Waals surface area contributed by atoms with Crippen LogP contribution in [0.2, 0.25) is 0 Å². The second kappa shape index (κ2) is 5.84. The number of carbonyl (C=O) groups excluding carboxylic acids is 1. The molecular weight excluding hydrogens is 230 g/mol. The molecule has 1 fully saturated rings. The monoisotopic (exact) mass is 249 g/mol. The van der Waals surface area contributed by atoms with Crippen LogP contribution in [0.5, 0.6) is 5.75 Å². The van der Waals surface area contributed by atoms with E-state index in [2.05, 4.69) is 17.4 Å². The van der Waals surface area contributed by atoms with Gasteiger partial charge in [-0.15, -0.1) is 0 Å². The van der Waals surface area contributed by atoms with Gasteiger partial charge in [-0.2, -0.15) is 0 Å². The number of hydrogen-bond acceptors (Lipinski definition) is 4. The molecule has 0 unspecified atom stereocenters. The fourth-order valence-electron chi connectivity index (χ4n) is 2.11. The number of amides is 1. The molecule has 1 aromatic carbocycles. The maximum absolute atomic E-state index is 11.1. The summed E-state index contributed by atoms with van der Waals surface area (Å²) >= 11 is 0. The Kier molecular flexibility index (Phi) is 4.17. The Labute approximate surface area is 107 Å². The number of hydrogen-bond donors (Lipinski definition) is 2. The van der Waals surface area contributed by atoms with Crippen molar-refractivity contribution in [1.82, 2.24) is 10.3 Å². The lowest BCUT2D eigenvalue weighted by atomic mass is 10.1. The van der Waals surface area contributed by atoms with Crippen molar-refractivity contribution in [2.75, 3.05) is 20.1 Å². The first kappa shape index (κ1) is 12.9. The minimum absolute atomic E-state index is 0.193. The first-order chi connectivity index (χ1) is 8.67. The summed E-state index contributed by atoms with van der Waals surface area (Å²) in [5, 5.41) is 0. The molecule has 0 saturated carbocycles. The number of likely N-dealkylation sites (N-methyl/N-ethyl adjacent to an activating group) is 1. The summed E-state index contributed by atoms with van der Waals surface area (Å²) in [6.07, 6.45) is 1.63. The number of nitrogens with zero attached hydrogens (tertiary/aromatic N) is 1. The molecule has 1 amide bonds. The van der Waals surface area contributed by atoms with E-state index in [4.69, 9.17) is 10.6 Å². The number of rotatable bonds is 4. The van der Waals surface area contributed by atoms with Gasteiger partial charge >= 0.3 is 0 Å². The maximum Gasteiger partial charge on any atom is 0.238 e. The largest absolute Gasteiger partial charge is 0.489 e. The molecule has 2 rings (SSSR count). The molecule has 0 bridgehead atoms. The molecular formula is C13H19N3O2. The summed E-state index contributed by atoms with van der Waals surface area (Å²) in [5.74, 6) is 5.70. The molecule has 1 aliphatic rings. The van der Waals surface area contributed by atoms with Gasteiger partial charge in [0.1, 0.15) is 11.9 Å². The average molecular weight is 249 g/mol. The van der Waals surface area contributed by atoms with Crippen LogP contribution in [0.1, 0.15) is 12.0 Å². The fourth-order valence-corrected chi connectivity index (χ4v) is 2.11. The fraction of sp³-hybridized carbons (Fsp3) is 0.462. The number of likely N-dealkylation sites (tertiary alicyclic amines) is 1. The third-order valence-electron chi connectivity index (χ3n) is 3.10. The molecule has 5 heteroatoms. The summed E-state index contributed by atoms with van der Waals surface area (Å²) in [5.41, 5.74) is 3.04. The van der Waals surface area contributed by atoms with Crippen molar-refractivity contribution in [2.24, 2.45) is 5.84 Å². The first-order valence-corrected chi connectivity index (χ1v) is 6.11. The Hall–Kier alpha value is -1.59. The molecule has 1 aliphatic heterocycles. The average Bonchev–Trinajstić information content (AvgIpc) is 2.77. The molecule has 98 valence electrons. The number of nitrogens with two attached hydrogens (primary N) is 1. The summed E-state index contributed by atoms with van der Waals surface area (Å²) in [7, 11) is 2.10. The summed E-state index contributed by atoms with van der Waals surface area (Å²) < 4.78 is 5.87. The van der Waals surface area contributed by atoms with Crippen LogP contribution in [-0.2, 0) is 11.2 Å². The van der Waals surface area contributed by atoms with Crippen LogP contribution in [0.25, 0.3) is 0 Å². The number of benzene rings is 1. The minimum atomic E-state index is -0.193. The zero-order chi connectivity index (χ0) is 13.0. The van der Waals surface area contributed by atoms with Crippen molar-refractivity contribution in [1.29, 1.82) is 0 Å². The Morgan fingerprint density at radius 3 is 2.78 bits per heavy atom. The van der Waals surface area contributed by atoms with Gasteiger partial charge in [0, 0.05) is 13.1 Å². The van der Waals surface area contributed by atoms with Crippen LogP contribution < -0.4 is 16.0 Å². The molecule has 0 spiro atoms. The van der Waals surface area contributed by atoms with Gasteiger partial charge in [-0.1, -0.05) is 12.1 Å². The van der Waals surface area contributed by atoms with E-state index in [-0.39, 0.29) is 12.0 Å². The quantitative estimate of drug-likeness (QED) is 0.457. The van der Waals surface area contributed by atoms with Crippen molar-refractivity contribution in [2.45, 2.75) is 18.9 Å². The van der Waals surface area contributed by atoms with Gasteiger partial charge in [-0.05, 0) is 31.2 Å². The van der Waals surface area contributed by atoms with Crippen LogP contribution >= 0.6 is 0 Å². The molecule has 0 aromatic heterocycles. The minimum Gasteiger partial charge on any atom is -0.489 e. The molecule has 5 nitrogen and oxygen atoms in total. The van der Waals surface area contributed by atoms with E-state index in [1.165, 1.54) is 0 Å². The van der Waals surface area contributed by atoms with Crippen molar-refractivity contribution in [3.63, 3.8) is 0 Å². The van der Waals surface area contributed by atoms with Gasteiger partial charge in [0.15, 0.2) is 0 Å². The molecule has 0 aliphatic carbocycles. The smallest absolute Gasteiger partial charge is 0.238 e. The Morgan fingerprint density at radius 2 is 2.22 bits per heavy atom. The third kappa shape index (κ3) is 3.45. The highest BCUT2D eigenvalue weighted by Gasteiger charge is 2.20. The highest BCUT2D eigenvalue weighted by molar-refractivity contribution is 5.77. The molecule has 1 heterocycles. The Balaban J connectivity index is 1.89. The lowest BCUT2D eigenvalue weighted by Crippen LogP contribution is -2.31. The van der Waals surface area contributed by atoms with Crippen molar-refractivity contribution in [3.8, 4) is 5.75 Å². The van der Waals surface area contributed by atoms with Crippen LogP contribution in [0, 0.1) is 0 Å². The van der Waals surface area contributed by atoms with Gasteiger partial charge in [0.2, 0.25) is 5.91 Å². The van der Waals surface area contributed by atoms with E-state index in [1.54, 1.807) is 0 Å². The highest BCUT2D eigenvalue weighted by atomic mass is 16.5. The van der Waals surface area contributed by atoms with Gasteiger partial charge in [0.05, 0.1) is 6.42 Å². The topological polar surface area (TPSA) is 67.6 Å². The van der Waals surface area contributed by atoms with E-state index in [0.29, 0.717) is 6.42 Å². The second-order valence-electron chi connectivity index (χ2n) is 4.68. The summed E-state index contributed by atoms with van der Waals surface area (Å²) in [4.78, 5) is 13.4. The number of ether oxygens (including phenoxy) is 1. The van der Waals surface area contributed by atoms with Crippen LogP contribution in [0.15, 0.2) is 24.3 Å². The lowest BCUT2D eigenvalue weighted by molar-refractivity contribution is -0.120. The second-order valence-corrected chi connectivity index (χ2v) is 4.68. The maximum atomic E-state index is 11.1. The standard InChI is InChI=1S/C13H19N3O2/c1-16-7-6-12(9-16)18-11-4-2-10(3-5-11)8-13(17)15-14/h2-5,12H,6-9,14H2,1H3,(H,15,17)/t12-/m0/s1. The van der Waals surface area contributed by atoms with E-state index < -0.39 is 0 Å². The summed E-state index contributed by atoms with van der Waals surface area (Å²) in [6.45, 7) is 2.05. The predicted octanol–water partition coefficient (Wildman–Crippen LogP) is 0.302. The van der Waals surface area contributed by atoms with E-state index >= 15 is 0 Å². The van der Waals surface area contributed by atoms with E-state index in [1.807, 2.05) is 24.3 Å². The van der Waals surface area contributed by atoms with E-state index in [0.717, 1.165) is 30.8 Å². The van der Waals surface area contributed by atoms with Gasteiger partial charge in [0.25, 0.3) is 0 Å². The molecule has 0 radical (unpaired) electrons. The van der Waals surface area contributed by atoms with Crippen LogP contribution in [0.3, 0.4) is 0 Å². The third-order valence-corrected chi connectivity index (χ3v) is 3.10. The molecule has 1 saturated heterocycles. The summed E-state index contributed by atoms with van der Waals surface area (Å²) in [6, 6.07) is 7.58. The lowest BCUT2D eigenvalue weighted by Gasteiger charge is -2.14. The number of nitrogens with one attached hydrogen (secondary N) is 1. The Bertz CT molecular complexity index is 405. The molecule has 1 atom stereocenters. The molecule has 1 aromatic rings. The van der Waals surface area contributed by atoms with E-state index in [9.17, 15) is 4.79 Å². The van der Waals surface area contributed by atoms with Crippen molar-refractivity contribution in [3.05, 3.63) is 29.8 Å². The Morgan fingerprint density at radius 1 is 1.50 bits per heavy atom. The molecule has 3 N–H and O–H groups in total.